The summed E-state index contributed by atoms with van der Waals surface area (Å²) in [5, 5.41) is -0.113. The Morgan fingerprint density at radius 1 is 1.37 bits per heavy atom. The van der Waals surface area contributed by atoms with Gasteiger partial charge in [-0.1, -0.05) is 15.9 Å². The van der Waals surface area contributed by atoms with Crippen LogP contribution in [0.15, 0.2) is 21.4 Å². The van der Waals surface area contributed by atoms with E-state index in [-0.39, 0.29) is 11.1 Å². The largest absolute Gasteiger partial charge is 0.381 e. The van der Waals surface area contributed by atoms with E-state index in [4.69, 9.17) is 16.3 Å². The molecule has 0 bridgehead atoms. The van der Waals surface area contributed by atoms with Gasteiger partial charge in [-0.25, -0.2) is 4.79 Å². The van der Waals surface area contributed by atoms with Gasteiger partial charge in [0.15, 0.2) is 0 Å². The number of ether oxygens (including phenoxy) is 1. The Bertz CT molecular complexity index is 646. The summed E-state index contributed by atoms with van der Waals surface area (Å²) in [5.74, 6) is 0.315. The Kier molecular flexibility index (Phi) is 3.69. The molecule has 102 valence electrons. The van der Waals surface area contributed by atoms with E-state index in [1.165, 1.54) is 0 Å². The van der Waals surface area contributed by atoms with E-state index >= 15 is 0 Å². The van der Waals surface area contributed by atoms with Crippen LogP contribution in [0.4, 0.5) is 0 Å². The van der Waals surface area contributed by atoms with Gasteiger partial charge in [-0.3, -0.25) is 0 Å². The lowest BCUT2D eigenvalue weighted by atomic mass is 9.93. The number of imidazole rings is 1. The van der Waals surface area contributed by atoms with Crippen LogP contribution in [0.3, 0.4) is 0 Å². The van der Waals surface area contributed by atoms with E-state index < -0.39 is 0 Å². The van der Waals surface area contributed by atoms with Crippen molar-refractivity contribution in [3.05, 3.63) is 32.7 Å². The number of aromatic amines is 2. The highest BCUT2D eigenvalue weighted by Crippen LogP contribution is 2.38. The summed E-state index contributed by atoms with van der Waals surface area (Å²) in [6.07, 6.45) is 2.12. The minimum absolute atomic E-state index is 0.113. The fourth-order valence-corrected chi connectivity index (χ4v) is 3.64. The first kappa shape index (κ1) is 13.2. The van der Waals surface area contributed by atoms with E-state index in [1.54, 1.807) is 0 Å². The molecule has 1 aromatic heterocycles. The lowest BCUT2D eigenvalue weighted by Crippen LogP contribution is -2.21. The van der Waals surface area contributed by atoms with Crippen LogP contribution >= 0.6 is 27.5 Å². The van der Waals surface area contributed by atoms with E-state index in [9.17, 15) is 4.79 Å². The third kappa shape index (κ3) is 2.59. The molecule has 0 radical (unpaired) electrons. The summed E-state index contributed by atoms with van der Waals surface area (Å²) >= 11 is 10.1. The van der Waals surface area contributed by atoms with Gasteiger partial charge >= 0.3 is 5.69 Å². The maximum absolute atomic E-state index is 11.3. The predicted octanol–water partition coefficient (Wildman–Crippen LogP) is 3.33. The van der Waals surface area contributed by atoms with Gasteiger partial charge in [0.2, 0.25) is 0 Å². The molecular weight excluding hydrogens is 332 g/mol. The van der Waals surface area contributed by atoms with Crippen molar-refractivity contribution in [1.29, 1.82) is 0 Å². The highest BCUT2D eigenvalue weighted by molar-refractivity contribution is 9.10. The minimum atomic E-state index is -0.203. The van der Waals surface area contributed by atoms with Gasteiger partial charge in [0.05, 0.1) is 23.0 Å². The average molecular weight is 346 g/mol. The number of halogens is 2. The van der Waals surface area contributed by atoms with Crippen molar-refractivity contribution in [2.45, 2.75) is 18.2 Å². The Morgan fingerprint density at radius 3 is 2.79 bits per heavy atom. The molecule has 1 saturated heterocycles. The van der Waals surface area contributed by atoms with Gasteiger partial charge in [0.25, 0.3) is 0 Å². The second kappa shape index (κ2) is 5.31. The van der Waals surface area contributed by atoms with Crippen LogP contribution in [0, 0.1) is 5.92 Å². The number of nitrogens with one attached hydrogen (secondary N) is 2. The molecule has 2 heterocycles. The predicted molar refractivity (Wildman–Crippen MR) is 78.8 cm³/mol. The minimum Gasteiger partial charge on any atom is -0.381 e. The number of H-pyrrole nitrogens is 2. The topological polar surface area (TPSA) is 57.9 Å². The molecule has 0 amide bonds. The SMILES string of the molecule is O=c1[nH]c2cc(Br)c(C(Cl)C3CCCOC3)cc2[nH]1. The second-order valence-corrected chi connectivity index (χ2v) is 6.20. The Morgan fingerprint density at radius 2 is 2.11 bits per heavy atom. The lowest BCUT2D eigenvalue weighted by Gasteiger charge is -2.27. The molecule has 2 unspecified atom stereocenters. The van der Waals surface area contributed by atoms with Gasteiger partial charge in [-0.05, 0) is 30.5 Å². The Balaban J connectivity index is 1.98. The van der Waals surface area contributed by atoms with Gasteiger partial charge < -0.3 is 14.7 Å². The molecule has 4 nitrogen and oxygen atoms in total. The number of hydrogen-bond donors (Lipinski definition) is 2. The third-order valence-electron chi connectivity index (χ3n) is 3.54. The molecule has 2 aromatic rings. The maximum atomic E-state index is 11.3. The van der Waals surface area contributed by atoms with Crippen LogP contribution in [-0.4, -0.2) is 23.2 Å². The van der Waals surface area contributed by atoms with Crippen LogP contribution in [0.25, 0.3) is 11.0 Å². The Hall–Kier alpha value is -0.780. The van der Waals surface area contributed by atoms with Crippen LogP contribution in [0.5, 0.6) is 0 Å². The molecule has 2 atom stereocenters. The average Bonchev–Trinajstić information content (AvgIpc) is 2.77. The van der Waals surface area contributed by atoms with Crippen molar-refractivity contribution in [2.75, 3.05) is 13.2 Å². The van der Waals surface area contributed by atoms with Gasteiger partial charge in [0.1, 0.15) is 0 Å². The zero-order valence-corrected chi connectivity index (χ0v) is 12.6. The molecule has 0 saturated carbocycles. The number of aromatic nitrogens is 2. The second-order valence-electron chi connectivity index (χ2n) is 4.88. The highest BCUT2D eigenvalue weighted by Gasteiger charge is 2.25. The summed E-state index contributed by atoms with van der Waals surface area (Å²) < 4.78 is 6.41. The van der Waals surface area contributed by atoms with Gasteiger partial charge in [-0.15, -0.1) is 11.6 Å². The number of alkyl halides is 1. The van der Waals surface area contributed by atoms with Crippen LogP contribution in [-0.2, 0) is 4.74 Å². The lowest BCUT2D eigenvalue weighted by molar-refractivity contribution is 0.0531. The van der Waals surface area contributed by atoms with Gasteiger partial charge in [-0.2, -0.15) is 0 Å². The fourth-order valence-electron chi connectivity index (χ4n) is 2.53. The number of benzene rings is 1. The van der Waals surface area contributed by atoms with Crippen molar-refractivity contribution >= 4 is 38.6 Å². The summed E-state index contributed by atoms with van der Waals surface area (Å²) in [6.45, 7) is 1.52. The molecule has 3 rings (SSSR count). The zero-order chi connectivity index (χ0) is 13.4. The Labute approximate surface area is 123 Å². The molecule has 1 aromatic carbocycles. The molecule has 0 spiro atoms. The molecular formula is C13H14BrClN2O2. The molecule has 2 N–H and O–H groups in total. The van der Waals surface area contributed by atoms with E-state index in [2.05, 4.69) is 25.9 Å². The van der Waals surface area contributed by atoms with Crippen LogP contribution < -0.4 is 5.69 Å². The molecule has 6 heteroatoms. The molecule has 19 heavy (non-hydrogen) atoms. The number of fused-ring (bicyclic) bond motifs is 1. The third-order valence-corrected chi connectivity index (χ3v) is 4.82. The molecule has 0 aliphatic carbocycles. The van der Waals surface area contributed by atoms with Crippen molar-refractivity contribution in [1.82, 2.24) is 9.97 Å². The first-order chi connectivity index (χ1) is 9.15. The normalized spacial score (nSPS) is 21.7. The van der Waals surface area contributed by atoms with E-state index in [1.807, 2.05) is 12.1 Å². The van der Waals surface area contributed by atoms with Crippen molar-refractivity contribution < 1.29 is 4.74 Å². The molecule has 1 aliphatic heterocycles. The highest BCUT2D eigenvalue weighted by atomic mass is 79.9. The molecule has 1 aliphatic rings. The van der Waals surface area contributed by atoms with Crippen molar-refractivity contribution in [3.63, 3.8) is 0 Å². The van der Waals surface area contributed by atoms with Gasteiger partial charge in [0, 0.05) is 17.0 Å². The quantitative estimate of drug-likeness (QED) is 0.820. The summed E-state index contributed by atoms with van der Waals surface area (Å²) in [4.78, 5) is 16.8. The summed E-state index contributed by atoms with van der Waals surface area (Å²) in [7, 11) is 0. The van der Waals surface area contributed by atoms with E-state index in [0.717, 1.165) is 40.5 Å². The summed E-state index contributed by atoms with van der Waals surface area (Å²) in [5.41, 5.74) is 2.36. The van der Waals surface area contributed by atoms with Crippen molar-refractivity contribution in [2.24, 2.45) is 5.92 Å². The monoisotopic (exact) mass is 344 g/mol. The summed E-state index contributed by atoms with van der Waals surface area (Å²) in [6, 6.07) is 3.82. The number of rotatable bonds is 2. The fraction of sp³-hybridized carbons (Fsp3) is 0.462. The smallest absolute Gasteiger partial charge is 0.323 e. The number of hydrogen-bond acceptors (Lipinski definition) is 2. The maximum Gasteiger partial charge on any atom is 0.323 e. The standard InChI is InChI=1S/C13H14BrClN2O2/c14-9-5-11-10(16-13(18)17-11)4-8(9)12(15)7-2-1-3-19-6-7/h4-5,7,12H,1-3,6H2,(H2,16,17,18). The van der Waals surface area contributed by atoms with E-state index in [0.29, 0.717) is 12.5 Å². The zero-order valence-electron chi connectivity index (χ0n) is 10.2. The molecule has 1 fully saturated rings. The van der Waals surface area contributed by atoms with Crippen LogP contribution in [0.1, 0.15) is 23.8 Å². The van der Waals surface area contributed by atoms with Crippen LogP contribution in [0.2, 0.25) is 0 Å². The first-order valence-electron chi connectivity index (χ1n) is 6.28. The first-order valence-corrected chi connectivity index (χ1v) is 7.51. The van der Waals surface area contributed by atoms with Crippen molar-refractivity contribution in [3.8, 4) is 0 Å².